The summed E-state index contributed by atoms with van der Waals surface area (Å²) in [6, 6.07) is 6.48. The fraction of sp³-hybridized carbons (Fsp3) is 0.367. The van der Waals surface area contributed by atoms with Gasteiger partial charge in [0.25, 0.3) is 11.8 Å². The Kier molecular flexibility index (Phi) is 5.53. The molecule has 12 heteroatoms. The second kappa shape index (κ2) is 9.33. The second-order valence-corrected chi connectivity index (χ2v) is 11.8. The van der Waals surface area contributed by atoms with Gasteiger partial charge in [0, 0.05) is 36.3 Å². The fourth-order valence-electron chi connectivity index (χ4n) is 6.36. The van der Waals surface area contributed by atoms with Crippen molar-refractivity contribution in [3.63, 3.8) is 0 Å². The van der Waals surface area contributed by atoms with Crippen LogP contribution in [0.3, 0.4) is 0 Å². The van der Waals surface area contributed by atoms with Crippen LogP contribution in [0.15, 0.2) is 43.0 Å². The highest BCUT2D eigenvalue weighted by molar-refractivity contribution is 6.23. The molecule has 3 fully saturated rings. The first-order valence-corrected chi connectivity index (χ1v) is 14.4. The summed E-state index contributed by atoms with van der Waals surface area (Å²) in [5.74, 6) is -1.06. The number of rotatable bonds is 7. The third-order valence-corrected chi connectivity index (χ3v) is 8.93. The van der Waals surface area contributed by atoms with E-state index in [0.29, 0.717) is 17.9 Å². The van der Waals surface area contributed by atoms with Gasteiger partial charge in [0.15, 0.2) is 0 Å². The first-order valence-electron chi connectivity index (χ1n) is 14.4. The highest BCUT2D eigenvalue weighted by atomic mass is 16.2. The number of carbonyl (C=O) groups is 4. The molecule has 0 bridgehead atoms. The molecular formula is C30H28N8O4. The monoisotopic (exact) mass is 564 g/mol. The molecule has 2 saturated carbocycles. The van der Waals surface area contributed by atoms with Gasteiger partial charge in [0.1, 0.15) is 6.04 Å². The highest BCUT2D eigenvalue weighted by Crippen LogP contribution is 2.45. The van der Waals surface area contributed by atoms with Crippen LogP contribution in [0.4, 0.5) is 5.69 Å². The number of imide groups is 2. The van der Waals surface area contributed by atoms with Crippen molar-refractivity contribution in [1.29, 1.82) is 0 Å². The molecule has 4 amide bonds. The first kappa shape index (κ1) is 24.9. The van der Waals surface area contributed by atoms with Gasteiger partial charge in [-0.25, -0.2) is 4.98 Å². The second-order valence-electron chi connectivity index (χ2n) is 11.8. The van der Waals surface area contributed by atoms with E-state index in [1.165, 1.54) is 0 Å². The number of pyridine rings is 1. The van der Waals surface area contributed by atoms with E-state index in [2.05, 4.69) is 36.5 Å². The van der Waals surface area contributed by atoms with Crippen molar-refractivity contribution in [2.24, 2.45) is 5.92 Å². The van der Waals surface area contributed by atoms with E-state index in [1.807, 2.05) is 12.3 Å². The number of nitrogens with one attached hydrogen (secondary N) is 3. The Hall–Kier alpha value is -4.87. The maximum absolute atomic E-state index is 13.1. The molecule has 2 aliphatic carbocycles. The van der Waals surface area contributed by atoms with Gasteiger partial charge in [-0.3, -0.25) is 39.1 Å². The summed E-state index contributed by atoms with van der Waals surface area (Å²) >= 11 is 0. The molecular weight excluding hydrogens is 536 g/mol. The molecule has 1 unspecified atom stereocenters. The average Bonchev–Trinajstić information content (AvgIpc) is 3.44. The standard InChI is InChI=1S/C30H28N8O4/c39-26-6-5-25(28(40)35-26)38-29(41)19-4-3-17(9-20(19)30(38)42)31-11-15-7-18(8-15)37-13-21(27(36-37)16-1-2-16)22-10-23-24(12-32-22)34-14-33-23/h3-4,9-10,12-16,18,25,31H,1-2,5-8,11H2,(H,33,34)(H,35,39,40). The maximum atomic E-state index is 13.1. The third kappa shape index (κ3) is 4.08. The van der Waals surface area contributed by atoms with Crippen molar-refractivity contribution in [1.82, 2.24) is 34.9 Å². The van der Waals surface area contributed by atoms with Gasteiger partial charge in [-0.05, 0) is 62.3 Å². The van der Waals surface area contributed by atoms with E-state index in [1.54, 1.807) is 24.5 Å². The van der Waals surface area contributed by atoms with E-state index in [-0.39, 0.29) is 24.0 Å². The van der Waals surface area contributed by atoms with Gasteiger partial charge in [0.2, 0.25) is 11.8 Å². The van der Waals surface area contributed by atoms with Crippen LogP contribution in [0.5, 0.6) is 0 Å². The summed E-state index contributed by atoms with van der Waals surface area (Å²) in [5.41, 5.74) is 6.24. The molecule has 0 spiro atoms. The molecule has 4 aromatic rings. The van der Waals surface area contributed by atoms with E-state index in [4.69, 9.17) is 5.10 Å². The minimum Gasteiger partial charge on any atom is -0.385 e. The fourth-order valence-corrected chi connectivity index (χ4v) is 6.36. The minimum atomic E-state index is -0.967. The van der Waals surface area contributed by atoms with E-state index < -0.39 is 29.7 Å². The number of hydrogen-bond acceptors (Lipinski definition) is 8. The van der Waals surface area contributed by atoms with Crippen molar-refractivity contribution < 1.29 is 19.2 Å². The Labute approximate surface area is 239 Å². The predicted octanol–water partition coefficient (Wildman–Crippen LogP) is 3.16. The summed E-state index contributed by atoms with van der Waals surface area (Å²) in [6.45, 7) is 0.731. The zero-order valence-electron chi connectivity index (χ0n) is 22.7. The zero-order valence-corrected chi connectivity index (χ0v) is 22.7. The summed E-state index contributed by atoms with van der Waals surface area (Å²) in [7, 11) is 0. The number of carbonyl (C=O) groups excluding carboxylic acids is 4. The lowest BCUT2D eigenvalue weighted by Gasteiger charge is -2.35. The molecule has 4 aliphatic rings. The van der Waals surface area contributed by atoms with E-state index in [9.17, 15) is 19.2 Å². The molecule has 0 radical (unpaired) electrons. The van der Waals surface area contributed by atoms with Crippen LogP contribution in [-0.2, 0) is 9.59 Å². The van der Waals surface area contributed by atoms with E-state index >= 15 is 0 Å². The zero-order chi connectivity index (χ0) is 28.5. The number of nitrogens with zero attached hydrogens (tertiary/aromatic N) is 5. The van der Waals surface area contributed by atoms with Crippen molar-refractivity contribution >= 4 is 40.3 Å². The van der Waals surface area contributed by atoms with Crippen LogP contribution in [0.1, 0.15) is 76.9 Å². The van der Waals surface area contributed by atoms with Gasteiger partial charge in [-0.2, -0.15) is 5.10 Å². The topological polar surface area (TPSA) is 155 Å². The molecule has 1 atom stereocenters. The number of fused-ring (bicyclic) bond motifs is 2. The number of H-pyrrole nitrogens is 1. The quantitative estimate of drug-likeness (QED) is 0.289. The van der Waals surface area contributed by atoms with Crippen LogP contribution in [0.25, 0.3) is 22.3 Å². The Morgan fingerprint density at radius 1 is 0.952 bits per heavy atom. The van der Waals surface area contributed by atoms with Crippen LogP contribution in [-0.4, -0.2) is 65.8 Å². The number of amides is 4. The number of hydrogen-bond donors (Lipinski definition) is 3. The lowest BCUT2D eigenvalue weighted by atomic mass is 9.80. The molecule has 1 saturated heterocycles. The van der Waals surface area contributed by atoms with E-state index in [0.717, 1.165) is 70.8 Å². The summed E-state index contributed by atoms with van der Waals surface area (Å²) in [6.07, 6.45) is 10.2. The molecule has 42 heavy (non-hydrogen) atoms. The van der Waals surface area contributed by atoms with Crippen LogP contribution >= 0.6 is 0 Å². The van der Waals surface area contributed by atoms with Gasteiger partial charge in [-0.15, -0.1) is 0 Å². The Bertz CT molecular complexity index is 1800. The first-order chi connectivity index (χ1) is 20.4. The van der Waals surface area contributed by atoms with Crippen molar-refractivity contribution in [3.8, 4) is 11.3 Å². The Balaban J connectivity index is 0.921. The molecule has 1 aromatic carbocycles. The number of benzene rings is 1. The van der Waals surface area contributed by atoms with Gasteiger partial charge < -0.3 is 10.3 Å². The molecule has 3 aromatic heterocycles. The van der Waals surface area contributed by atoms with Gasteiger partial charge in [0.05, 0.1) is 52.1 Å². The normalized spacial score (nSPS) is 23.7. The molecule has 8 rings (SSSR count). The largest absolute Gasteiger partial charge is 0.385 e. The number of anilines is 1. The molecule has 12 nitrogen and oxygen atoms in total. The summed E-state index contributed by atoms with van der Waals surface area (Å²) < 4.78 is 2.11. The number of imidazole rings is 1. The third-order valence-electron chi connectivity index (χ3n) is 8.93. The average molecular weight is 565 g/mol. The maximum Gasteiger partial charge on any atom is 0.262 e. The number of aromatic nitrogens is 5. The van der Waals surface area contributed by atoms with Crippen molar-refractivity contribution in [2.75, 3.05) is 11.9 Å². The predicted molar refractivity (Wildman–Crippen MR) is 150 cm³/mol. The van der Waals surface area contributed by atoms with Crippen molar-refractivity contribution in [3.05, 3.63) is 59.8 Å². The summed E-state index contributed by atoms with van der Waals surface area (Å²) in [4.78, 5) is 63.0. The van der Waals surface area contributed by atoms with Gasteiger partial charge >= 0.3 is 0 Å². The number of piperidine rings is 1. The molecule has 3 N–H and O–H groups in total. The molecule has 212 valence electrons. The van der Waals surface area contributed by atoms with Crippen LogP contribution in [0, 0.1) is 5.92 Å². The lowest BCUT2D eigenvalue weighted by molar-refractivity contribution is -0.136. The van der Waals surface area contributed by atoms with Gasteiger partial charge in [-0.1, -0.05) is 0 Å². The smallest absolute Gasteiger partial charge is 0.262 e. The molecule has 5 heterocycles. The lowest BCUT2D eigenvalue weighted by Crippen LogP contribution is -2.54. The Morgan fingerprint density at radius 2 is 1.79 bits per heavy atom. The molecule has 2 aliphatic heterocycles. The van der Waals surface area contributed by atoms with Crippen molar-refractivity contribution in [2.45, 2.75) is 56.5 Å². The van der Waals surface area contributed by atoms with Crippen LogP contribution < -0.4 is 10.6 Å². The SMILES string of the molecule is O=C1CCC(N2C(=O)c3ccc(NCC4CC(n5cc(-c6cc7nc[nH]c7cn6)c(C6CC6)n5)C4)cc3C2=O)C(=O)N1. The minimum absolute atomic E-state index is 0.0957. The summed E-state index contributed by atoms with van der Waals surface area (Å²) in [5, 5.41) is 10.7. The highest BCUT2D eigenvalue weighted by Gasteiger charge is 2.44. The Morgan fingerprint density at radius 3 is 2.60 bits per heavy atom. The number of aromatic amines is 1. The van der Waals surface area contributed by atoms with Crippen LogP contribution in [0.2, 0.25) is 0 Å².